The van der Waals surface area contributed by atoms with Gasteiger partial charge < -0.3 is 40.1 Å². The van der Waals surface area contributed by atoms with Gasteiger partial charge in [-0.25, -0.2) is 19.2 Å². The molecule has 2 rings (SSSR count). The molecule has 0 bridgehead atoms. The summed E-state index contributed by atoms with van der Waals surface area (Å²) in [5.41, 5.74) is 5.50. The predicted molar refractivity (Wildman–Crippen MR) is 166 cm³/mol. The van der Waals surface area contributed by atoms with Crippen LogP contribution in [-0.2, 0) is 25.7 Å². The van der Waals surface area contributed by atoms with Crippen molar-refractivity contribution in [3.05, 3.63) is 69.8 Å². The number of hydrogen-bond donors (Lipinski definition) is 6. The summed E-state index contributed by atoms with van der Waals surface area (Å²) in [6, 6.07) is 3.70. The summed E-state index contributed by atoms with van der Waals surface area (Å²) in [6.07, 6.45) is 2.23. The van der Waals surface area contributed by atoms with Crippen molar-refractivity contribution < 1.29 is 59.3 Å². The third-order valence-electron chi connectivity index (χ3n) is 6.39. The molecule has 2 aromatic carbocycles. The van der Waals surface area contributed by atoms with E-state index in [0.29, 0.717) is 55.5 Å². The Balaban J connectivity index is 0.000000991. The largest absolute Gasteiger partial charge is 0.508 e. The number of phenols is 2. The number of nitrogens with zero attached hydrogens (tertiary/aromatic N) is 1. The first-order chi connectivity index (χ1) is 20.8. The lowest BCUT2D eigenvalue weighted by molar-refractivity contribution is -0.134. The highest BCUT2D eigenvalue weighted by Crippen LogP contribution is 2.37. The van der Waals surface area contributed by atoms with Gasteiger partial charge >= 0.3 is 23.9 Å². The molecular weight excluding hydrogens is 590 g/mol. The fourth-order valence-electron chi connectivity index (χ4n) is 3.84. The minimum Gasteiger partial charge on any atom is -0.508 e. The zero-order valence-corrected chi connectivity index (χ0v) is 26.7. The van der Waals surface area contributed by atoms with Crippen LogP contribution in [0.3, 0.4) is 0 Å². The van der Waals surface area contributed by atoms with Gasteiger partial charge in [-0.2, -0.15) is 0 Å². The highest BCUT2D eigenvalue weighted by atomic mass is 16.5. The summed E-state index contributed by atoms with van der Waals surface area (Å²) in [4.78, 5) is 40.4. The average molecular weight is 634 g/mol. The van der Waals surface area contributed by atoms with Gasteiger partial charge in [0.25, 0.3) is 0 Å². The molecule has 248 valence electrons. The number of carboxylic acids is 4. The highest BCUT2D eigenvalue weighted by Gasteiger charge is 2.19. The lowest BCUT2D eigenvalue weighted by atomic mass is 9.97. The lowest BCUT2D eigenvalue weighted by Gasteiger charge is -2.23. The van der Waals surface area contributed by atoms with Crippen molar-refractivity contribution in [2.75, 3.05) is 27.3 Å². The number of methoxy groups -OCH3 is 1. The van der Waals surface area contributed by atoms with Crippen LogP contribution in [0.15, 0.2) is 36.4 Å². The Bertz CT molecular complexity index is 1340. The summed E-state index contributed by atoms with van der Waals surface area (Å²) < 4.78 is 11.7. The number of phenolic OH excluding ortho intramolecular Hbond substituents is 2. The number of carboxylic acid groups (broad SMARTS) is 4. The lowest BCUT2D eigenvalue weighted by Crippen LogP contribution is -2.25. The van der Waals surface area contributed by atoms with E-state index in [9.17, 15) is 29.4 Å². The van der Waals surface area contributed by atoms with Crippen molar-refractivity contribution in [1.29, 1.82) is 0 Å². The van der Waals surface area contributed by atoms with Gasteiger partial charge in [-0.3, -0.25) is 4.90 Å². The number of hydrogen-bond acceptors (Lipinski definition) is 9. The topological polar surface area (TPSA) is 211 Å². The molecule has 0 aliphatic rings. The number of rotatable bonds is 12. The van der Waals surface area contributed by atoms with E-state index >= 15 is 0 Å². The quantitative estimate of drug-likeness (QED) is 0.179. The predicted octanol–water partition coefficient (Wildman–Crippen LogP) is 4.40. The van der Waals surface area contributed by atoms with E-state index < -0.39 is 23.9 Å². The van der Waals surface area contributed by atoms with Gasteiger partial charge in [-0.1, -0.05) is 13.8 Å². The maximum absolute atomic E-state index is 10.4. The van der Waals surface area contributed by atoms with E-state index in [1.165, 1.54) is 0 Å². The first-order valence-electron chi connectivity index (χ1n) is 13.6. The van der Waals surface area contributed by atoms with Crippen LogP contribution in [0.1, 0.15) is 53.1 Å². The van der Waals surface area contributed by atoms with Crippen LogP contribution in [-0.4, -0.2) is 86.7 Å². The van der Waals surface area contributed by atoms with Crippen LogP contribution in [0, 0.1) is 27.7 Å². The number of aryl methyl sites for hydroxylation is 1. The number of ether oxygens (including phenoxy) is 2. The molecule has 0 spiro atoms. The van der Waals surface area contributed by atoms with Gasteiger partial charge in [-0.05, 0) is 75.0 Å². The third kappa shape index (κ3) is 14.3. The van der Waals surface area contributed by atoms with Crippen molar-refractivity contribution in [2.45, 2.75) is 54.0 Å². The van der Waals surface area contributed by atoms with E-state index in [1.807, 2.05) is 40.8 Å². The Morgan fingerprint density at radius 3 is 1.67 bits per heavy atom. The molecule has 13 nitrogen and oxygen atoms in total. The monoisotopic (exact) mass is 633 g/mol. The van der Waals surface area contributed by atoms with E-state index in [0.717, 1.165) is 44.9 Å². The molecule has 0 saturated heterocycles. The number of benzene rings is 2. The van der Waals surface area contributed by atoms with Crippen LogP contribution >= 0.6 is 0 Å². The summed E-state index contributed by atoms with van der Waals surface area (Å²) in [5, 5.41) is 51.7. The van der Waals surface area contributed by atoms with Crippen LogP contribution in [0.5, 0.6) is 23.0 Å². The summed E-state index contributed by atoms with van der Waals surface area (Å²) in [7, 11) is 3.70. The van der Waals surface area contributed by atoms with Crippen molar-refractivity contribution in [3.63, 3.8) is 0 Å². The zero-order valence-electron chi connectivity index (χ0n) is 26.7. The fraction of sp³-hybridized carbons (Fsp3) is 0.375. The van der Waals surface area contributed by atoms with Crippen LogP contribution < -0.4 is 9.47 Å². The smallest absolute Gasteiger partial charge is 0.328 e. The minimum atomic E-state index is -1.26. The number of likely N-dealkylation sites (N-methyl/N-ethyl adjacent to an activating group) is 1. The van der Waals surface area contributed by atoms with Crippen molar-refractivity contribution in [1.82, 2.24) is 4.90 Å². The average Bonchev–Trinajstić information content (AvgIpc) is 2.95. The van der Waals surface area contributed by atoms with E-state index in [2.05, 4.69) is 18.7 Å². The molecule has 45 heavy (non-hydrogen) atoms. The number of aliphatic carboxylic acids is 4. The normalized spacial score (nSPS) is 10.7. The summed E-state index contributed by atoms with van der Waals surface area (Å²) in [6.45, 7) is 13.8. The second kappa shape index (κ2) is 19.3. The van der Waals surface area contributed by atoms with Gasteiger partial charge in [0.05, 0.1) is 7.11 Å². The van der Waals surface area contributed by atoms with Crippen LogP contribution in [0.2, 0.25) is 0 Å². The molecule has 2 aromatic rings. The number of carbonyl (C=O) groups is 4. The Morgan fingerprint density at radius 2 is 1.27 bits per heavy atom. The van der Waals surface area contributed by atoms with Gasteiger partial charge in [0.15, 0.2) is 0 Å². The molecule has 0 amide bonds. The second-order valence-electron chi connectivity index (χ2n) is 10.2. The molecule has 0 aliphatic heterocycles. The fourth-order valence-corrected chi connectivity index (χ4v) is 3.84. The zero-order chi connectivity index (χ0) is 35.0. The summed E-state index contributed by atoms with van der Waals surface area (Å²) >= 11 is 0. The van der Waals surface area contributed by atoms with Crippen molar-refractivity contribution in [2.24, 2.45) is 0 Å². The minimum absolute atomic E-state index is 0.264. The maximum atomic E-state index is 10.4. The van der Waals surface area contributed by atoms with E-state index in [-0.39, 0.29) is 5.92 Å². The Kier molecular flexibility index (Phi) is 17.1. The highest BCUT2D eigenvalue weighted by molar-refractivity contribution is 5.90. The SMILES string of the molecule is COc1c(C)c(C)c(O)c(C)c1CN(C)CCOc1cc(C)c(O)cc1C(C)C.O=C(O)/C=C/C(=O)O.O=C(O)/C=C/C(=O)O. The van der Waals surface area contributed by atoms with Gasteiger partial charge in [0.1, 0.15) is 29.6 Å². The van der Waals surface area contributed by atoms with Crippen molar-refractivity contribution >= 4 is 23.9 Å². The molecule has 0 aromatic heterocycles. The van der Waals surface area contributed by atoms with Gasteiger partial charge in [-0.15, -0.1) is 0 Å². The second-order valence-corrected chi connectivity index (χ2v) is 10.2. The van der Waals surface area contributed by atoms with Gasteiger partial charge in [0.2, 0.25) is 0 Å². The molecule has 0 atom stereocenters. The molecular formula is C32H43NO12. The number of aromatic hydroxyl groups is 2. The molecule has 0 saturated carbocycles. The van der Waals surface area contributed by atoms with E-state index in [4.69, 9.17) is 29.9 Å². The molecule has 0 fully saturated rings. The van der Waals surface area contributed by atoms with Crippen LogP contribution in [0.25, 0.3) is 0 Å². The molecule has 0 heterocycles. The Morgan fingerprint density at radius 1 is 0.800 bits per heavy atom. The summed E-state index contributed by atoms with van der Waals surface area (Å²) in [5.74, 6) is -2.47. The maximum Gasteiger partial charge on any atom is 0.328 e. The first kappa shape index (κ1) is 40.0. The molecule has 6 N–H and O–H groups in total. The molecule has 13 heteroatoms. The molecule has 0 unspecified atom stereocenters. The van der Waals surface area contributed by atoms with Crippen LogP contribution in [0.4, 0.5) is 0 Å². The molecule has 0 radical (unpaired) electrons. The first-order valence-corrected chi connectivity index (χ1v) is 13.6. The van der Waals surface area contributed by atoms with E-state index in [1.54, 1.807) is 13.2 Å². The Hall–Kier alpha value is -5.04. The standard InChI is InChI=1S/C24H35NO4.2C4H4O4/c1-14(2)19-12-21(26)15(3)11-22(19)29-10-9-25(7)13-20-18(6)23(27)16(4)17(5)24(20)28-8;2*5-3(6)1-2-4(7)8/h11-12,14,26-27H,9-10,13H2,1-8H3;2*1-2H,(H,5,6)(H,7,8)/b;2*2-1+. The third-order valence-corrected chi connectivity index (χ3v) is 6.39. The Labute approximate surface area is 262 Å². The molecule has 0 aliphatic carbocycles. The van der Waals surface area contributed by atoms with Crippen molar-refractivity contribution in [3.8, 4) is 23.0 Å². The van der Waals surface area contributed by atoms with Gasteiger partial charge in [0, 0.05) is 48.5 Å².